The molecule has 0 radical (unpaired) electrons. The number of benzene rings is 1. The predicted octanol–water partition coefficient (Wildman–Crippen LogP) is 2.64. The van der Waals surface area contributed by atoms with Crippen LogP contribution < -0.4 is 5.43 Å². The van der Waals surface area contributed by atoms with Crippen molar-refractivity contribution < 1.29 is 18.7 Å². The maximum atomic E-state index is 12.8. The zero-order valence-corrected chi connectivity index (χ0v) is 14.3. The van der Waals surface area contributed by atoms with Crippen molar-refractivity contribution in [1.82, 2.24) is 10.3 Å². The first-order chi connectivity index (χ1) is 11.6. The van der Waals surface area contributed by atoms with E-state index in [2.05, 4.69) is 15.3 Å². The van der Waals surface area contributed by atoms with Gasteiger partial charge in [0.15, 0.2) is 0 Å². The van der Waals surface area contributed by atoms with Crippen LogP contribution in [0.15, 0.2) is 34.3 Å². The number of nitrogens with one attached hydrogen (secondary N) is 1. The Morgan fingerprint density at radius 1 is 1.29 bits per heavy atom. The van der Waals surface area contributed by atoms with Gasteiger partial charge in [-0.2, -0.15) is 5.10 Å². The lowest BCUT2D eigenvalue weighted by Gasteiger charge is -2.26. The number of hydrazone groups is 1. The highest BCUT2D eigenvalue weighted by molar-refractivity contribution is 7.99. The number of thioether (sulfide) groups is 1. The van der Waals surface area contributed by atoms with Crippen molar-refractivity contribution in [2.24, 2.45) is 5.10 Å². The van der Waals surface area contributed by atoms with Crippen molar-refractivity contribution in [3.8, 4) is 0 Å². The highest BCUT2D eigenvalue weighted by Crippen LogP contribution is 2.18. The summed E-state index contributed by atoms with van der Waals surface area (Å²) in [6.45, 7) is 1.09. The van der Waals surface area contributed by atoms with E-state index in [-0.39, 0.29) is 17.8 Å². The maximum absolute atomic E-state index is 12.8. The molecule has 8 heteroatoms. The number of piperidine rings is 1. The van der Waals surface area contributed by atoms with Crippen LogP contribution >= 0.6 is 11.8 Å². The van der Waals surface area contributed by atoms with Crippen molar-refractivity contribution in [3.63, 3.8) is 0 Å². The molecule has 1 aromatic carbocycles. The van der Waals surface area contributed by atoms with Crippen LogP contribution in [-0.2, 0) is 9.53 Å². The van der Waals surface area contributed by atoms with E-state index in [0.29, 0.717) is 38.1 Å². The van der Waals surface area contributed by atoms with Gasteiger partial charge in [-0.1, -0.05) is 0 Å². The smallest absolute Gasteiger partial charge is 0.409 e. The molecule has 0 aromatic heterocycles. The van der Waals surface area contributed by atoms with Gasteiger partial charge in [-0.3, -0.25) is 4.79 Å². The van der Waals surface area contributed by atoms with Gasteiger partial charge in [-0.25, -0.2) is 14.6 Å². The van der Waals surface area contributed by atoms with Crippen LogP contribution in [-0.4, -0.2) is 48.6 Å². The average molecular weight is 353 g/mol. The van der Waals surface area contributed by atoms with Gasteiger partial charge in [0.05, 0.1) is 7.11 Å². The quantitative estimate of drug-likeness (QED) is 0.652. The molecule has 2 amide bonds. The molecule has 1 heterocycles. The normalized spacial score (nSPS) is 14.2. The van der Waals surface area contributed by atoms with E-state index >= 15 is 0 Å². The fourth-order valence-electron chi connectivity index (χ4n) is 2.18. The van der Waals surface area contributed by atoms with Gasteiger partial charge in [-0.15, -0.1) is 11.8 Å². The number of carbonyl (C=O) groups excluding carboxylic acids is 2. The molecule has 130 valence electrons. The van der Waals surface area contributed by atoms with Crippen LogP contribution in [0.4, 0.5) is 9.18 Å². The summed E-state index contributed by atoms with van der Waals surface area (Å²) in [7, 11) is 1.36. The lowest BCUT2D eigenvalue weighted by molar-refractivity contribution is -0.120. The minimum absolute atomic E-state index is 0.160. The molecule has 0 atom stereocenters. The van der Waals surface area contributed by atoms with Crippen molar-refractivity contribution in [3.05, 3.63) is 30.1 Å². The second-order valence-corrected chi connectivity index (χ2v) is 6.39. The molecule has 0 unspecified atom stereocenters. The van der Waals surface area contributed by atoms with Gasteiger partial charge in [-0.05, 0) is 24.3 Å². The number of hydrogen-bond acceptors (Lipinski definition) is 5. The number of nitrogens with zero attached hydrogens (tertiary/aromatic N) is 2. The van der Waals surface area contributed by atoms with Crippen LogP contribution in [0.25, 0.3) is 0 Å². The molecule has 0 aliphatic carbocycles. The molecular formula is C16H20FN3O3S. The summed E-state index contributed by atoms with van der Waals surface area (Å²) in [4.78, 5) is 25.7. The minimum Gasteiger partial charge on any atom is -0.453 e. The fourth-order valence-corrected chi connectivity index (χ4v) is 3.03. The third-order valence-electron chi connectivity index (χ3n) is 3.52. The summed E-state index contributed by atoms with van der Waals surface area (Å²) < 4.78 is 17.5. The first kappa shape index (κ1) is 18.3. The lowest BCUT2D eigenvalue weighted by atomic mass is 10.1. The number of rotatable bonds is 5. The molecule has 1 saturated heterocycles. The molecule has 1 N–H and O–H groups in total. The zero-order valence-electron chi connectivity index (χ0n) is 13.5. The summed E-state index contributed by atoms with van der Waals surface area (Å²) in [6, 6.07) is 6.17. The highest BCUT2D eigenvalue weighted by Gasteiger charge is 2.20. The summed E-state index contributed by atoms with van der Waals surface area (Å²) in [5, 5.41) is 4.12. The van der Waals surface area contributed by atoms with E-state index in [4.69, 9.17) is 0 Å². The van der Waals surface area contributed by atoms with Gasteiger partial charge in [0.2, 0.25) is 5.91 Å². The molecule has 1 fully saturated rings. The standard InChI is InChI=1S/C16H20FN3O3S/c1-23-16(22)20-9-6-13(7-10-20)18-19-15(21)8-11-24-14-4-2-12(17)3-5-14/h2-5H,6-11H2,1H3,(H,19,21). The number of carbonyl (C=O) groups is 2. The van der Waals surface area contributed by atoms with Crippen LogP contribution in [0.1, 0.15) is 19.3 Å². The van der Waals surface area contributed by atoms with Gasteiger partial charge in [0.25, 0.3) is 0 Å². The van der Waals surface area contributed by atoms with Gasteiger partial charge < -0.3 is 9.64 Å². The lowest BCUT2D eigenvalue weighted by Crippen LogP contribution is -2.39. The van der Waals surface area contributed by atoms with E-state index in [0.717, 1.165) is 10.6 Å². The Hall–Kier alpha value is -2.09. The average Bonchev–Trinajstić information content (AvgIpc) is 2.61. The van der Waals surface area contributed by atoms with E-state index in [9.17, 15) is 14.0 Å². The SMILES string of the molecule is COC(=O)N1CCC(=NNC(=O)CCSc2ccc(F)cc2)CC1. The van der Waals surface area contributed by atoms with E-state index in [1.165, 1.54) is 31.0 Å². The number of ether oxygens (including phenoxy) is 1. The third-order valence-corrected chi connectivity index (χ3v) is 4.54. The number of likely N-dealkylation sites (tertiary alicyclic amines) is 1. The second-order valence-electron chi connectivity index (χ2n) is 5.22. The summed E-state index contributed by atoms with van der Waals surface area (Å²) in [6.07, 6.45) is 1.24. The first-order valence-corrected chi connectivity index (χ1v) is 8.62. The van der Waals surface area contributed by atoms with Gasteiger partial charge in [0.1, 0.15) is 5.82 Å². The van der Waals surface area contributed by atoms with Crippen LogP contribution in [0.2, 0.25) is 0 Å². The topological polar surface area (TPSA) is 71.0 Å². The summed E-state index contributed by atoms with van der Waals surface area (Å²) in [5.74, 6) is 0.164. The van der Waals surface area contributed by atoms with Gasteiger partial charge >= 0.3 is 6.09 Å². The number of halogens is 1. The summed E-state index contributed by atoms with van der Waals surface area (Å²) in [5.41, 5.74) is 3.42. The molecular weight excluding hydrogens is 333 g/mol. The van der Waals surface area contributed by atoms with E-state index in [1.807, 2.05) is 0 Å². The molecule has 1 aliphatic rings. The van der Waals surface area contributed by atoms with Crippen molar-refractivity contribution >= 4 is 29.5 Å². The molecule has 2 rings (SSSR count). The number of hydrogen-bond donors (Lipinski definition) is 1. The van der Waals surface area contributed by atoms with Crippen LogP contribution in [0.5, 0.6) is 0 Å². The maximum Gasteiger partial charge on any atom is 0.409 e. The van der Waals surface area contributed by atoms with Gasteiger partial charge in [0, 0.05) is 48.7 Å². The van der Waals surface area contributed by atoms with Crippen molar-refractivity contribution in [1.29, 1.82) is 0 Å². The van der Waals surface area contributed by atoms with Crippen LogP contribution in [0, 0.1) is 5.82 Å². The molecule has 1 aromatic rings. The number of methoxy groups -OCH3 is 1. The number of amides is 2. The Morgan fingerprint density at radius 2 is 1.96 bits per heavy atom. The predicted molar refractivity (Wildman–Crippen MR) is 90.5 cm³/mol. The van der Waals surface area contributed by atoms with Crippen molar-refractivity contribution in [2.45, 2.75) is 24.2 Å². The first-order valence-electron chi connectivity index (χ1n) is 7.64. The molecule has 0 saturated carbocycles. The Morgan fingerprint density at radius 3 is 2.58 bits per heavy atom. The minimum atomic E-state index is -0.337. The fraction of sp³-hybridized carbons (Fsp3) is 0.438. The molecule has 0 spiro atoms. The van der Waals surface area contributed by atoms with Crippen LogP contribution in [0.3, 0.4) is 0 Å². The third kappa shape index (κ3) is 5.84. The van der Waals surface area contributed by atoms with E-state index < -0.39 is 0 Å². The van der Waals surface area contributed by atoms with E-state index in [1.54, 1.807) is 17.0 Å². The highest BCUT2D eigenvalue weighted by atomic mass is 32.2. The molecule has 24 heavy (non-hydrogen) atoms. The Kier molecular flexibility index (Phi) is 7.05. The second kappa shape index (κ2) is 9.27. The largest absolute Gasteiger partial charge is 0.453 e. The molecule has 0 bridgehead atoms. The monoisotopic (exact) mass is 353 g/mol. The van der Waals surface area contributed by atoms with Crippen molar-refractivity contribution in [2.75, 3.05) is 26.0 Å². The Labute approximate surface area is 144 Å². The zero-order chi connectivity index (χ0) is 17.4. The Balaban J connectivity index is 1.66. The molecule has 1 aliphatic heterocycles. The summed E-state index contributed by atoms with van der Waals surface area (Å²) >= 11 is 1.49. The Bertz CT molecular complexity index is 597. The molecule has 6 nitrogen and oxygen atoms in total.